The van der Waals surface area contributed by atoms with E-state index in [0.29, 0.717) is 17.9 Å². The van der Waals surface area contributed by atoms with Crippen LogP contribution in [0.2, 0.25) is 0 Å². The first-order valence-corrected chi connectivity index (χ1v) is 9.25. The van der Waals surface area contributed by atoms with Crippen LogP contribution in [-0.4, -0.2) is 19.9 Å². The van der Waals surface area contributed by atoms with E-state index in [-0.39, 0.29) is 0 Å². The van der Waals surface area contributed by atoms with Crippen LogP contribution >= 0.6 is 11.3 Å². The van der Waals surface area contributed by atoms with Crippen LogP contribution in [0.25, 0.3) is 10.2 Å². The first-order chi connectivity index (χ1) is 10.5. The van der Waals surface area contributed by atoms with Gasteiger partial charge < -0.3 is 0 Å². The van der Waals surface area contributed by atoms with Crippen molar-refractivity contribution in [3.63, 3.8) is 0 Å². The summed E-state index contributed by atoms with van der Waals surface area (Å²) >= 11 is 1.60. The number of fused-ring (bicyclic) bond motifs is 1. The van der Waals surface area contributed by atoms with E-state index in [1.54, 1.807) is 35.6 Å². The number of aromatic nitrogens is 1. The van der Waals surface area contributed by atoms with Crippen molar-refractivity contribution in [1.29, 1.82) is 0 Å². The summed E-state index contributed by atoms with van der Waals surface area (Å²) in [7, 11) is -3.45. The minimum Gasteiger partial charge on any atom is -0.241 e. The van der Waals surface area contributed by atoms with Crippen LogP contribution < -0.4 is 4.72 Å². The Hall–Kier alpha value is -1.76. The topological polar surface area (TPSA) is 59.1 Å². The maximum Gasteiger partial charge on any atom is 0.240 e. The number of hydrogen-bond acceptors (Lipinski definition) is 4. The average molecular weight is 332 g/mol. The van der Waals surface area contributed by atoms with Gasteiger partial charge in [0.05, 0.1) is 20.1 Å². The standard InChI is InChI=1S/C16H16N2O2S2/c1-12-6-8-13(9-7-12)22(19,20)17-11-10-16-18-14-4-2-3-5-15(14)21-16/h2-9,17H,10-11H2,1H3. The number of benzene rings is 2. The minimum atomic E-state index is -3.45. The van der Waals surface area contributed by atoms with Gasteiger partial charge in [-0.05, 0) is 31.2 Å². The summed E-state index contributed by atoms with van der Waals surface area (Å²) in [5.41, 5.74) is 2.00. The molecule has 0 amide bonds. The van der Waals surface area contributed by atoms with E-state index in [1.807, 2.05) is 31.2 Å². The molecule has 1 aromatic heterocycles. The van der Waals surface area contributed by atoms with Crippen molar-refractivity contribution in [3.8, 4) is 0 Å². The fourth-order valence-corrected chi connectivity index (χ4v) is 4.12. The highest BCUT2D eigenvalue weighted by molar-refractivity contribution is 7.89. The summed E-state index contributed by atoms with van der Waals surface area (Å²) in [6, 6.07) is 14.7. The molecule has 1 N–H and O–H groups in total. The highest BCUT2D eigenvalue weighted by Gasteiger charge is 2.13. The largest absolute Gasteiger partial charge is 0.241 e. The van der Waals surface area contributed by atoms with Crippen LogP contribution in [0.3, 0.4) is 0 Å². The van der Waals surface area contributed by atoms with Crippen molar-refractivity contribution < 1.29 is 8.42 Å². The summed E-state index contributed by atoms with van der Waals surface area (Å²) in [5, 5.41) is 0.938. The number of sulfonamides is 1. The molecule has 0 radical (unpaired) electrons. The lowest BCUT2D eigenvalue weighted by Gasteiger charge is -2.06. The second kappa shape index (κ2) is 6.16. The maximum atomic E-state index is 12.2. The number of rotatable bonds is 5. The predicted octanol–water partition coefficient (Wildman–Crippen LogP) is 3.13. The fraction of sp³-hybridized carbons (Fsp3) is 0.188. The molecule has 0 aliphatic rings. The van der Waals surface area contributed by atoms with E-state index in [9.17, 15) is 8.42 Å². The molecule has 0 fully saturated rings. The van der Waals surface area contributed by atoms with Gasteiger partial charge in [-0.3, -0.25) is 0 Å². The molecule has 1 heterocycles. The van der Waals surface area contributed by atoms with Gasteiger partial charge in [-0.15, -0.1) is 11.3 Å². The molecule has 0 saturated heterocycles. The molecule has 3 aromatic rings. The van der Waals surface area contributed by atoms with Crippen molar-refractivity contribution in [2.24, 2.45) is 0 Å². The van der Waals surface area contributed by atoms with Crippen LogP contribution in [0.15, 0.2) is 53.4 Å². The van der Waals surface area contributed by atoms with Crippen molar-refractivity contribution in [2.75, 3.05) is 6.54 Å². The third-order valence-electron chi connectivity index (χ3n) is 3.30. The van der Waals surface area contributed by atoms with Crippen LogP contribution in [0.4, 0.5) is 0 Å². The zero-order chi connectivity index (χ0) is 15.6. The molecule has 0 atom stereocenters. The molecule has 4 nitrogen and oxygen atoms in total. The number of thiazole rings is 1. The fourth-order valence-electron chi connectivity index (χ4n) is 2.12. The van der Waals surface area contributed by atoms with Gasteiger partial charge in [-0.25, -0.2) is 18.1 Å². The molecule has 0 unspecified atom stereocenters. The molecule has 0 aliphatic carbocycles. The van der Waals surface area contributed by atoms with Crippen LogP contribution in [-0.2, 0) is 16.4 Å². The lowest BCUT2D eigenvalue weighted by atomic mass is 10.2. The molecule has 0 bridgehead atoms. The maximum absolute atomic E-state index is 12.2. The van der Waals surface area contributed by atoms with Gasteiger partial charge >= 0.3 is 0 Å². The first-order valence-electron chi connectivity index (χ1n) is 6.95. The lowest BCUT2D eigenvalue weighted by molar-refractivity contribution is 0.581. The molecule has 114 valence electrons. The highest BCUT2D eigenvalue weighted by atomic mass is 32.2. The second-order valence-corrected chi connectivity index (χ2v) is 7.92. The van der Waals surface area contributed by atoms with Crippen LogP contribution in [0.5, 0.6) is 0 Å². The molecule has 6 heteroatoms. The van der Waals surface area contributed by atoms with E-state index in [1.165, 1.54) is 0 Å². The Morgan fingerprint density at radius 3 is 2.55 bits per heavy atom. The number of para-hydroxylation sites is 1. The molecular formula is C16H16N2O2S2. The zero-order valence-corrected chi connectivity index (χ0v) is 13.7. The summed E-state index contributed by atoms with van der Waals surface area (Å²) < 4.78 is 28.1. The van der Waals surface area contributed by atoms with Gasteiger partial charge in [0.25, 0.3) is 0 Å². The van der Waals surface area contributed by atoms with Gasteiger partial charge in [-0.1, -0.05) is 29.8 Å². The quantitative estimate of drug-likeness (QED) is 0.781. The van der Waals surface area contributed by atoms with Crippen molar-refractivity contribution in [1.82, 2.24) is 9.71 Å². The Labute approximate surface area is 133 Å². The number of nitrogens with one attached hydrogen (secondary N) is 1. The molecule has 0 spiro atoms. The van der Waals surface area contributed by atoms with Crippen LogP contribution in [0, 0.1) is 6.92 Å². The Morgan fingerprint density at radius 1 is 1.09 bits per heavy atom. The second-order valence-electron chi connectivity index (χ2n) is 5.04. The van der Waals surface area contributed by atoms with E-state index in [4.69, 9.17) is 0 Å². The van der Waals surface area contributed by atoms with Crippen molar-refractivity contribution >= 4 is 31.6 Å². The molecule has 2 aromatic carbocycles. The number of aryl methyl sites for hydroxylation is 1. The van der Waals surface area contributed by atoms with Gasteiger partial charge in [0, 0.05) is 13.0 Å². The van der Waals surface area contributed by atoms with Crippen molar-refractivity contribution in [2.45, 2.75) is 18.2 Å². The first kappa shape index (κ1) is 15.1. The predicted molar refractivity (Wildman–Crippen MR) is 89.7 cm³/mol. The number of nitrogens with zero attached hydrogens (tertiary/aromatic N) is 1. The Morgan fingerprint density at radius 2 is 1.82 bits per heavy atom. The van der Waals surface area contributed by atoms with Gasteiger partial charge in [-0.2, -0.15) is 0 Å². The highest BCUT2D eigenvalue weighted by Crippen LogP contribution is 2.21. The van der Waals surface area contributed by atoms with E-state index in [0.717, 1.165) is 20.8 Å². The summed E-state index contributed by atoms with van der Waals surface area (Å²) in [6.45, 7) is 2.27. The molecule has 3 rings (SSSR count). The monoisotopic (exact) mass is 332 g/mol. The van der Waals surface area contributed by atoms with E-state index in [2.05, 4.69) is 9.71 Å². The zero-order valence-electron chi connectivity index (χ0n) is 12.1. The van der Waals surface area contributed by atoms with Crippen molar-refractivity contribution in [3.05, 3.63) is 59.1 Å². The molecular weight excluding hydrogens is 316 g/mol. The Balaban J connectivity index is 1.65. The third-order valence-corrected chi connectivity index (χ3v) is 5.87. The Bertz CT molecular complexity index is 851. The van der Waals surface area contributed by atoms with Gasteiger partial charge in [0.15, 0.2) is 0 Å². The molecule has 0 aliphatic heterocycles. The summed E-state index contributed by atoms with van der Waals surface area (Å²) in [6.07, 6.45) is 0.588. The average Bonchev–Trinajstić information content (AvgIpc) is 2.90. The van der Waals surface area contributed by atoms with Gasteiger partial charge in [0.1, 0.15) is 0 Å². The summed E-state index contributed by atoms with van der Waals surface area (Å²) in [5.74, 6) is 0. The minimum absolute atomic E-state index is 0.294. The summed E-state index contributed by atoms with van der Waals surface area (Å²) in [4.78, 5) is 4.79. The van der Waals surface area contributed by atoms with E-state index >= 15 is 0 Å². The number of hydrogen-bond donors (Lipinski definition) is 1. The van der Waals surface area contributed by atoms with E-state index < -0.39 is 10.0 Å². The molecule has 0 saturated carbocycles. The molecule has 22 heavy (non-hydrogen) atoms. The van der Waals surface area contributed by atoms with Gasteiger partial charge in [0.2, 0.25) is 10.0 Å². The van der Waals surface area contributed by atoms with Crippen LogP contribution in [0.1, 0.15) is 10.6 Å². The smallest absolute Gasteiger partial charge is 0.240 e. The SMILES string of the molecule is Cc1ccc(S(=O)(=O)NCCc2nc3ccccc3s2)cc1. The lowest BCUT2D eigenvalue weighted by Crippen LogP contribution is -2.25. The Kier molecular flexibility index (Phi) is 4.24. The normalized spacial score (nSPS) is 11.9. The third kappa shape index (κ3) is 3.35.